The molecule has 4 aromatic rings. The Morgan fingerprint density at radius 2 is 1.86 bits per heavy atom. The summed E-state index contributed by atoms with van der Waals surface area (Å²) in [6.45, 7) is 3.55. The van der Waals surface area contributed by atoms with Gasteiger partial charge >= 0.3 is 0 Å². The van der Waals surface area contributed by atoms with Crippen LogP contribution in [-0.4, -0.2) is 19.7 Å². The van der Waals surface area contributed by atoms with Gasteiger partial charge in [0.25, 0.3) is 5.56 Å². The van der Waals surface area contributed by atoms with Crippen molar-refractivity contribution in [2.24, 2.45) is 0 Å². The van der Waals surface area contributed by atoms with Crippen LogP contribution >= 0.6 is 0 Å². The zero-order chi connectivity index (χ0) is 19.3. The zero-order valence-corrected chi connectivity index (χ0v) is 15.6. The monoisotopic (exact) mass is 371 g/mol. The molecule has 0 radical (unpaired) electrons. The van der Waals surface area contributed by atoms with Gasteiger partial charge in [0.15, 0.2) is 5.82 Å². The summed E-state index contributed by atoms with van der Waals surface area (Å²) in [7, 11) is 0. The predicted octanol–water partition coefficient (Wildman–Crippen LogP) is 3.22. The molecule has 0 aliphatic carbocycles. The van der Waals surface area contributed by atoms with E-state index in [9.17, 15) is 4.79 Å². The van der Waals surface area contributed by atoms with Gasteiger partial charge in [-0.1, -0.05) is 35.9 Å². The minimum Gasteiger partial charge on any atom is -0.309 e. The highest BCUT2D eigenvalue weighted by atomic mass is 16.1. The minimum atomic E-state index is -0.148. The summed E-state index contributed by atoms with van der Waals surface area (Å²) in [4.78, 5) is 21.2. The Labute approximate surface area is 162 Å². The Kier molecular flexibility index (Phi) is 5.12. The number of nitrogens with zero attached hydrogens (tertiary/aromatic N) is 3. The number of aryl methyl sites for hydroxylation is 1. The van der Waals surface area contributed by atoms with Gasteiger partial charge in [-0.15, -0.1) is 0 Å². The molecular weight excluding hydrogens is 350 g/mol. The summed E-state index contributed by atoms with van der Waals surface area (Å²) >= 11 is 0. The Morgan fingerprint density at radius 1 is 1.04 bits per heavy atom. The van der Waals surface area contributed by atoms with Gasteiger partial charge < -0.3 is 5.32 Å². The van der Waals surface area contributed by atoms with E-state index in [0.29, 0.717) is 17.9 Å². The molecular formula is C22H21N5O. The average molecular weight is 371 g/mol. The Bertz CT molecular complexity index is 1110. The molecule has 28 heavy (non-hydrogen) atoms. The van der Waals surface area contributed by atoms with E-state index >= 15 is 0 Å². The second-order valence-electron chi connectivity index (χ2n) is 6.68. The molecule has 0 amide bonds. The van der Waals surface area contributed by atoms with Crippen LogP contribution in [0.25, 0.3) is 16.9 Å². The molecule has 0 aliphatic heterocycles. The van der Waals surface area contributed by atoms with E-state index < -0.39 is 0 Å². The molecule has 3 aromatic heterocycles. The summed E-state index contributed by atoms with van der Waals surface area (Å²) in [5.41, 5.74) is 4.74. The molecule has 2 N–H and O–H groups in total. The summed E-state index contributed by atoms with van der Waals surface area (Å²) in [5, 5.41) is 6.42. The molecule has 6 nitrogen and oxygen atoms in total. The smallest absolute Gasteiger partial charge is 0.280 e. The molecule has 6 heteroatoms. The van der Waals surface area contributed by atoms with Gasteiger partial charge in [-0.25, -0.2) is 9.67 Å². The third-order valence-electron chi connectivity index (χ3n) is 4.56. The van der Waals surface area contributed by atoms with Crippen molar-refractivity contribution in [3.8, 4) is 16.9 Å². The first-order chi connectivity index (χ1) is 13.7. The van der Waals surface area contributed by atoms with E-state index in [1.54, 1.807) is 24.8 Å². The van der Waals surface area contributed by atoms with Gasteiger partial charge in [-0.2, -0.15) is 0 Å². The van der Waals surface area contributed by atoms with Crippen LogP contribution in [-0.2, 0) is 13.1 Å². The van der Waals surface area contributed by atoms with Crippen LogP contribution in [0, 0.1) is 6.92 Å². The number of hydrogen-bond donors (Lipinski definition) is 2. The van der Waals surface area contributed by atoms with E-state index in [0.717, 1.165) is 17.7 Å². The number of hydrogen-bond acceptors (Lipinski definition) is 4. The zero-order valence-electron chi connectivity index (χ0n) is 15.6. The molecule has 0 saturated carbocycles. The molecule has 4 rings (SSSR count). The van der Waals surface area contributed by atoms with Crippen LogP contribution in [0.3, 0.4) is 0 Å². The lowest BCUT2D eigenvalue weighted by Gasteiger charge is -2.07. The lowest BCUT2D eigenvalue weighted by molar-refractivity contribution is 0.690. The number of aromatic amines is 1. The Balaban J connectivity index is 1.49. The van der Waals surface area contributed by atoms with Crippen LogP contribution in [0.5, 0.6) is 0 Å². The minimum absolute atomic E-state index is 0.148. The first-order valence-corrected chi connectivity index (χ1v) is 9.13. The number of aromatic nitrogens is 4. The molecule has 0 unspecified atom stereocenters. The molecule has 0 spiro atoms. The number of rotatable bonds is 6. The topological polar surface area (TPSA) is 75.6 Å². The van der Waals surface area contributed by atoms with Crippen LogP contribution in [0.1, 0.15) is 16.7 Å². The fourth-order valence-corrected chi connectivity index (χ4v) is 3.02. The molecule has 0 aliphatic rings. The molecule has 1 aromatic carbocycles. The fourth-order valence-electron chi connectivity index (χ4n) is 3.02. The first kappa shape index (κ1) is 17.9. The fraction of sp³-hybridized carbons (Fsp3) is 0.136. The van der Waals surface area contributed by atoms with Crippen molar-refractivity contribution in [3.63, 3.8) is 0 Å². The Morgan fingerprint density at radius 3 is 2.64 bits per heavy atom. The maximum atomic E-state index is 12.8. The average Bonchev–Trinajstić information content (AvgIpc) is 3.12. The second kappa shape index (κ2) is 8.02. The third kappa shape index (κ3) is 3.92. The van der Waals surface area contributed by atoms with Crippen molar-refractivity contribution >= 4 is 0 Å². The molecule has 3 heterocycles. The molecule has 0 bridgehead atoms. The quantitative estimate of drug-likeness (QED) is 0.546. The van der Waals surface area contributed by atoms with E-state index in [-0.39, 0.29) is 5.56 Å². The maximum Gasteiger partial charge on any atom is 0.280 e. The standard InChI is InChI=1S/C22H21N5O/c1-16-4-6-17(7-5-16)12-24-13-18-8-10-25-21(11-18)27-22(28)20(15-26-27)19-3-2-9-23-14-19/h2-11,14-15,24,26H,12-13H2,1H3. The largest absolute Gasteiger partial charge is 0.309 e. The number of benzene rings is 1. The van der Waals surface area contributed by atoms with Crippen molar-refractivity contribution < 1.29 is 0 Å². The molecule has 0 atom stereocenters. The van der Waals surface area contributed by atoms with Gasteiger partial charge in [-0.05, 0) is 36.2 Å². The lowest BCUT2D eigenvalue weighted by Crippen LogP contribution is -2.18. The van der Waals surface area contributed by atoms with Crippen molar-refractivity contribution in [1.82, 2.24) is 25.1 Å². The second-order valence-corrected chi connectivity index (χ2v) is 6.68. The number of nitrogens with one attached hydrogen (secondary N) is 2. The predicted molar refractivity (Wildman–Crippen MR) is 109 cm³/mol. The number of pyridine rings is 2. The molecule has 0 fully saturated rings. The summed E-state index contributed by atoms with van der Waals surface area (Å²) in [5.74, 6) is 0.565. The normalized spacial score (nSPS) is 10.9. The molecule has 140 valence electrons. The van der Waals surface area contributed by atoms with Gasteiger partial charge in [0, 0.05) is 43.4 Å². The van der Waals surface area contributed by atoms with Gasteiger partial charge in [0.05, 0.1) is 5.56 Å². The van der Waals surface area contributed by atoms with Crippen molar-refractivity contribution in [1.29, 1.82) is 0 Å². The number of H-pyrrole nitrogens is 1. The highest BCUT2D eigenvalue weighted by Gasteiger charge is 2.11. The van der Waals surface area contributed by atoms with Gasteiger partial charge in [0.2, 0.25) is 0 Å². The van der Waals surface area contributed by atoms with Gasteiger partial charge in [-0.3, -0.25) is 14.9 Å². The van der Waals surface area contributed by atoms with E-state index in [2.05, 4.69) is 51.6 Å². The van der Waals surface area contributed by atoms with E-state index in [4.69, 9.17) is 0 Å². The maximum absolute atomic E-state index is 12.8. The molecule has 0 saturated heterocycles. The Hall–Kier alpha value is -3.51. The highest BCUT2D eigenvalue weighted by molar-refractivity contribution is 5.60. The SMILES string of the molecule is Cc1ccc(CNCc2ccnc(-n3[nH]cc(-c4cccnc4)c3=O)c2)cc1. The lowest BCUT2D eigenvalue weighted by atomic mass is 10.1. The summed E-state index contributed by atoms with van der Waals surface area (Å²) < 4.78 is 1.45. The van der Waals surface area contributed by atoms with Crippen molar-refractivity contribution in [3.05, 3.63) is 100 Å². The first-order valence-electron chi connectivity index (χ1n) is 9.13. The third-order valence-corrected chi connectivity index (χ3v) is 4.56. The van der Waals surface area contributed by atoms with Crippen LogP contribution < -0.4 is 10.9 Å². The van der Waals surface area contributed by atoms with Crippen LogP contribution in [0.4, 0.5) is 0 Å². The summed E-state index contributed by atoms with van der Waals surface area (Å²) in [6.07, 6.45) is 6.76. The van der Waals surface area contributed by atoms with Crippen LogP contribution in [0.15, 0.2) is 78.1 Å². The highest BCUT2D eigenvalue weighted by Crippen LogP contribution is 2.14. The van der Waals surface area contributed by atoms with Crippen molar-refractivity contribution in [2.75, 3.05) is 0 Å². The van der Waals surface area contributed by atoms with Gasteiger partial charge in [0.1, 0.15) is 0 Å². The van der Waals surface area contributed by atoms with E-state index in [1.807, 2.05) is 24.3 Å². The van der Waals surface area contributed by atoms with Crippen LogP contribution in [0.2, 0.25) is 0 Å². The summed E-state index contributed by atoms with van der Waals surface area (Å²) in [6, 6.07) is 16.0. The van der Waals surface area contributed by atoms with Crippen molar-refractivity contribution in [2.45, 2.75) is 20.0 Å². The van der Waals surface area contributed by atoms with E-state index in [1.165, 1.54) is 15.8 Å².